The summed E-state index contributed by atoms with van der Waals surface area (Å²) in [7, 11) is 1.95. The minimum absolute atomic E-state index is 0.00450. The van der Waals surface area contributed by atoms with Crippen LogP contribution in [0.25, 0.3) is 11.6 Å². The van der Waals surface area contributed by atoms with Crippen LogP contribution < -0.4 is 10.4 Å². The molecule has 3 aromatic rings. The van der Waals surface area contributed by atoms with Crippen molar-refractivity contribution in [2.45, 2.75) is 19.4 Å². The highest BCUT2D eigenvalue weighted by atomic mass is 16.5. The van der Waals surface area contributed by atoms with Crippen molar-refractivity contribution in [1.82, 2.24) is 4.90 Å². The van der Waals surface area contributed by atoms with Gasteiger partial charge in [-0.15, -0.1) is 0 Å². The molecule has 172 valence electrons. The number of benzene rings is 3. The second-order valence-corrected chi connectivity index (χ2v) is 8.43. The zero-order valence-corrected chi connectivity index (χ0v) is 19.5. The molecule has 0 N–H and O–H groups in total. The minimum atomic E-state index is -0.831. The summed E-state index contributed by atoms with van der Waals surface area (Å²) in [6.45, 7) is 3.10. The number of ketones is 1. The number of fused-ring (bicyclic) bond motifs is 1. The maximum Gasteiger partial charge on any atom is 0.379 e. The van der Waals surface area contributed by atoms with Crippen molar-refractivity contribution in [1.29, 1.82) is 0 Å². The highest BCUT2D eigenvalue weighted by Crippen LogP contribution is 2.20. The number of hydrogen-bond donors (Lipinski definition) is 0. The van der Waals surface area contributed by atoms with E-state index in [-0.39, 0.29) is 12.5 Å². The van der Waals surface area contributed by atoms with E-state index < -0.39 is 11.8 Å². The van der Waals surface area contributed by atoms with Gasteiger partial charge in [0.2, 0.25) is 0 Å². The summed E-state index contributed by atoms with van der Waals surface area (Å²) >= 11 is 0. The lowest BCUT2D eigenvalue weighted by molar-refractivity contribution is -0.151. The fourth-order valence-electron chi connectivity index (χ4n) is 4.02. The Morgan fingerprint density at radius 1 is 0.941 bits per heavy atom. The van der Waals surface area contributed by atoms with E-state index in [2.05, 4.69) is 23.2 Å². The molecular formula is C29H28N2O3. The number of ether oxygens (including phenoxy) is 1. The van der Waals surface area contributed by atoms with Crippen molar-refractivity contribution in [3.8, 4) is 0 Å². The Hall–Kier alpha value is -3.83. The number of rotatable bonds is 8. The van der Waals surface area contributed by atoms with Gasteiger partial charge in [0, 0.05) is 36.0 Å². The van der Waals surface area contributed by atoms with Crippen molar-refractivity contribution >= 4 is 35.3 Å². The minimum Gasteiger partial charge on any atom is -0.458 e. The average Bonchev–Trinajstić information content (AvgIpc) is 2.88. The summed E-state index contributed by atoms with van der Waals surface area (Å²) in [4.78, 5) is 32.0. The van der Waals surface area contributed by atoms with Crippen LogP contribution in [0.2, 0.25) is 0 Å². The normalized spacial score (nSPS) is 15.3. The molecular weight excluding hydrogens is 424 g/mol. The van der Waals surface area contributed by atoms with Crippen molar-refractivity contribution in [3.63, 3.8) is 0 Å². The third-order valence-corrected chi connectivity index (χ3v) is 5.92. The molecule has 1 aliphatic heterocycles. The van der Waals surface area contributed by atoms with Crippen molar-refractivity contribution in [2.75, 3.05) is 20.2 Å². The Morgan fingerprint density at radius 2 is 1.65 bits per heavy atom. The maximum atomic E-state index is 12.9. The molecule has 4 rings (SSSR count). The zero-order valence-electron chi connectivity index (χ0n) is 19.5. The lowest BCUT2D eigenvalue weighted by Gasteiger charge is -2.16. The molecule has 0 amide bonds. The topological polar surface area (TPSA) is 59.0 Å². The molecule has 0 radical (unpaired) electrons. The molecule has 5 heteroatoms. The zero-order chi connectivity index (χ0) is 23.9. The summed E-state index contributed by atoms with van der Waals surface area (Å²) in [5.74, 6) is -1.45. The largest absolute Gasteiger partial charge is 0.458 e. The Bertz CT molecular complexity index is 1310. The van der Waals surface area contributed by atoms with Crippen LogP contribution in [-0.2, 0) is 20.9 Å². The van der Waals surface area contributed by atoms with Crippen LogP contribution in [0.1, 0.15) is 24.0 Å². The Morgan fingerprint density at radius 3 is 2.38 bits per heavy atom. The van der Waals surface area contributed by atoms with Gasteiger partial charge in [0.05, 0.1) is 5.69 Å². The van der Waals surface area contributed by atoms with Crippen LogP contribution in [0.4, 0.5) is 5.69 Å². The molecule has 0 fully saturated rings. The second kappa shape index (κ2) is 10.9. The maximum absolute atomic E-state index is 12.9. The van der Waals surface area contributed by atoms with Gasteiger partial charge in [-0.1, -0.05) is 78.9 Å². The smallest absolute Gasteiger partial charge is 0.379 e. The van der Waals surface area contributed by atoms with Crippen LogP contribution in [0, 0.1) is 0 Å². The molecule has 3 aromatic carbocycles. The molecule has 0 saturated heterocycles. The first-order chi connectivity index (χ1) is 16.5. The second-order valence-electron chi connectivity index (χ2n) is 8.43. The monoisotopic (exact) mass is 452 g/mol. The number of carbonyl (C=O) groups is 2. The third-order valence-electron chi connectivity index (χ3n) is 5.92. The van der Waals surface area contributed by atoms with E-state index in [0.717, 1.165) is 23.0 Å². The first kappa shape index (κ1) is 23.3. The lowest BCUT2D eigenvalue weighted by atomic mass is 9.95. The van der Waals surface area contributed by atoms with Gasteiger partial charge in [-0.05, 0) is 36.4 Å². The van der Waals surface area contributed by atoms with Crippen LogP contribution in [0.3, 0.4) is 0 Å². The Balaban J connectivity index is 1.47. The molecule has 0 aromatic heterocycles. The summed E-state index contributed by atoms with van der Waals surface area (Å²) in [6, 6.07) is 25.7. The van der Waals surface area contributed by atoms with E-state index >= 15 is 0 Å². The molecule has 1 unspecified atom stereocenters. The van der Waals surface area contributed by atoms with Gasteiger partial charge in [0.1, 0.15) is 6.61 Å². The average molecular weight is 453 g/mol. The van der Waals surface area contributed by atoms with E-state index in [9.17, 15) is 9.59 Å². The van der Waals surface area contributed by atoms with Crippen LogP contribution >= 0.6 is 0 Å². The first-order valence-electron chi connectivity index (χ1n) is 11.4. The van der Waals surface area contributed by atoms with Gasteiger partial charge < -0.3 is 4.74 Å². The summed E-state index contributed by atoms with van der Waals surface area (Å²) < 4.78 is 5.30. The van der Waals surface area contributed by atoms with Crippen molar-refractivity contribution < 1.29 is 14.3 Å². The number of esters is 1. The molecule has 0 saturated carbocycles. The summed E-state index contributed by atoms with van der Waals surface area (Å²) in [5.41, 5.74) is 3.44. The van der Waals surface area contributed by atoms with E-state index in [4.69, 9.17) is 4.74 Å². The number of nitrogens with zero attached hydrogens (tertiary/aromatic N) is 2. The summed E-state index contributed by atoms with van der Waals surface area (Å²) in [5, 5.41) is 1.57. The molecule has 5 nitrogen and oxygen atoms in total. The standard InChI is InChI=1S/C29H28N2O3/c1-21(28(32)29(33)34-17-16-31(2)20-22-10-5-3-6-11-22)25-14-9-15-27-26(25)18-24(19-30-27)23-12-7-4-8-13-23/h3-15,18-19,24H,16-17,20H2,1-2H3. The molecule has 0 aliphatic carbocycles. The highest BCUT2D eigenvalue weighted by molar-refractivity contribution is 6.49. The fourth-order valence-corrected chi connectivity index (χ4v) is 4.02. The van der Waals surface area contributed by atoms with Gasteiger partial charge >= 0.3 is 5.97 Å². The van der Waals surface area contributed by atoms with E-state index in [1.54, 1.807) is 6.92 Å². The third kappa shape index (κ3) is 5.56. The molecule has 1 aliphatic rings. The number of Topliss-reactive ketones (excluding diaryl/α,β-unsaturated/α-hetero) is 1. The van der Waals surface area contributed by atoms with Crippen molar-refractivity contribution in [3.05, 3.63) is 100 Å². The van der Waals surface area contributed by atoms with E-state index in [0.29, 0.717) is 17.3 Å². The predicted octanol–water partition coefficient (Wildman–Crippen LogP) is 3.38. The van der Waals surface area contributed by atoms with Gasteiger partial charge in [0.15, 0.2) is 0 Å². The molecule has 1 heterocycles. The molecule has 34 heavy (non-hydrogen) atoms. The Kier molecular flexibility index (Phi) is 7.45. The molecule has 0 spiro atoms. The number of hydrogen-bond acceptors (Lipinski definition) is 5. The van der Waals surface area contributed by atoms with E-state index in [1.807, 2.05) is 84.9 Å². The van der Waals surface area contributed by atoms with Gasteiger partial charge in [-0.2, -0.15) is 0 Å². The highest BCUT2D eigenvalue weighted by Gasteiger charge is 2.20. The Labute approximate surface area is 199 Å². The number of carbonyl (C=O) groups excluding carboxylic acids is 2. The first-order valence-corrected chi connectivity index (χ1v) is 11.4. The van der Waals surface area contributed by atoms with Gasteiger partial charge in [0.25, 0.3) is 5.78 Å². The predicted molar refractivity (Wildman–Crippen MR) is 135 cm³/mol. The number of likely N-dealkylation sites (N-methyl/N-ethyl adjacent to an activating group) is 1. The van der Waals surface area contributed by atoms with E-state index in [1.165, 1.54) is 5.56 Å². The molecule has 1 atom stereocenters. The van der Waals surface area contributed by atoms with Gasteiger partial charge in [-0.25, -0.2) is 4.79 Å². The van der Waals surface area contributed by atoms with Gasteiger partial charge in [-0.3, -0.25) is 14.7 Å². The number of aliphatic imine (C=N–C) groups is 1. The molecule has 0 bridgehead atoms. The SMILES string of the molecule is CC(C(=O)C(=O)OCCN(C)Cc1ccccc1)=c1cccc2c1=CC(c1ccccc1)C=N2. The van der Waals surface area contributed by atoms with Crippen LogP contribution in [0.5, 0.6) is 0 Å². The fraction of sp³-hybridized carbons (Fsp3) is 0.207. The summed E-state index contributed by atoms with van der Waals surface area (Å²) in [6.07, 6.45) is 3.99. The quantitative estimate of drug-likeness (QED) is 0.388. The van der Waals surface area contributed by atoms with Crippen LogP contribution in [-0.4, -0.2) is 43.1 Å². The van der Waals surface area contributed by atoms with Crippen molar-refractivity contribution in [2.24, 2.45) is 4.99 Å². The van der Waals surface area contributed by atoms with Crippen LogP contribution in [0.15, 0.2) is 83.9 Å². The lowest BCUT2D eigenvalue weighted by Crippen LogP contribution is -2.34.